The molecule has 19 heavy (non-hydrogen) atoms. The molecule has 2 aliphatic rings. The maximum absolute atomic E-state index is 11.2. The summed E-state index contributed by atoms with van der Waals surface area (Å²) in [5.74, 6) is 0.152. The van der Waals surface area contributed by atoms with Crippen molar-refractivity contribution in [2.75, 3.05) is 20.2 Å². The number of methoxy groups -OCH3 is 1. The summed E-state index contributed by atoms with van der Waals surface area (Å²) in [5, 5.41) is 12.2. The first kappa shape index (κ1) is 14.1. The first-order chi connectivity index (χ1) is 9.24. The van der Waals surface area contributed by atoms with E-state index in [0.717, 1.165) is 32.4 Å². The van der Waals surface area contributed by atoms with Crippen LogP contribution in [-0.4, -0.2) is 43.3 Å². The van der Waals surface area contributed by atoms with Crippen LogP contribution in [0.2, 0.25) is 0 Å². The zero-order valence-electron chi connectivity index (χ0n) is 11.6. The van der Waals surface area contributed by atoms with Gasteiger partial charge in [0.05, 0.1) is 19.1 Å². The van der Waals surface area contributed by atoms with Gasteiger partial charge in [-0.1, -0.05) is 19.3 Å². The Morgan fingerprint density at radius 1 is 1.32 bits per heavy atom. The molecule has 3 unspecified atom stereocenters. The van der Waals surface area contributed by atoms with E-state index in [1.807, 2.05) is 0 Å². The molecule has 0 aromatic rings. The number of carbonyl (C=O) groups is 1. The van der Waals surface area contributed by atoms with Gasteiger partial charge in [-0.15, -0.1) is 0 Å². The minimum atomic E-state index is -0.357. The number of amides is 1. The SMILES string of the molecule is COC(=O)NC1CCN(C2CCCCCC2C#N)C1. The Labute approximate surface area is 114 Å². The molecule has 0 aromatic heterocycles. The maximum Gasteiger partial charge on any atom is 0.407 e. The first-order valence-corrected chi connectivity index (χ1v) is 7.22. The van der Waals surface area contributed by atoms with Crippen molar-refractivity contribution >= 4 is 6.09 Å². The Morgan fingerprint density at radius 2 is 2.11 bits per heavy atom. The Morgan fingerprint density at radius 3 is 2.84 bits per heavy atom. The molecule has 1 aliphatic carbocycles. The highest BCUT2D eigenvalue weighted by molar-refractivity contribution is 5.67. The fourth-order valence-electron chi connectivity index (χ4n) is 3.31. The molecule has 1 N–H and O–H groups in total. The van der Waals surface area contributed by atoms with Crippen molar-refractivity contribution in [2.24, 2.45) is 5.92 Å². The summed E-state index contributed by atoms with van der Waals surface area (Å²) in [7, 11) is 1.39. The molecule has 1 heterocycles. The van der Waals surface area contributed by atoms with Crippen molar-refractivity contribution in [2.45, 2.75) is 50.6 Å². The lowest BCUT2D eigenvalue weighted by atomic mass is 9.95. The zero-order valence-corrected chi connectivity index (χ0v) is 11.6. The summed E-state index contributed by atoms with van der Waals surface area (Å²) in [4.78, 5) is 13.6. The molecule has 2 fully saturated rings. The molecule has 0 spiro atoms. The predicted molar refractivity (Wildman–Crippen MR) is 71.5 cm³/mol. The number of nitrogens with zero attached hydrogens (tertiary/aromatic N) is 2. The molecular weight excluding hydrogens is 242 g/mol. The Kier molecular flexibility index (Phi) is 5.03. The highest BCUT2D eigenvalue weighted by Gasteiger charge is 2.34. The standard InChI is InChI=1S/C14H23N3O2/c1-19-14(18)16-12-7-8-17(10-12)13-6-4-2-3-5-11(13)9-15/h11-13H,2-8,10H2,1H3,(H,16,18). The second kappa shape index (κ2) is 6.76. The third-order valence-corrected chi connectivity index (χ3v) is 4.34. The van der Waals surface area contributed by atoms with E-state index in [-0.39, 0.29) is 18.1 Å². The van der Waals surface area contributed by atoms with Gasteiger partial charge in [0.25, 0.3) is 0 Å². The molecule has 1 aliphatic heterocycles. The van der Waals surface area contributed by atoms with Crippen molar-refractivity contribution < 1.29 is 9.53 Å². The second-order valence-electron chi connectivity index (χ2n) is 5.56. The molecular formula is C14H23N3O2. The van der Waals surface area contributed by atoms with Gasteiger partial charge < -0.3 is 10.1 Å². The van der Waals surface area contributed by atoms with Crippen molar-refractivity contribution in [3.05, 3.63) is 0 Å². The van der Waals surface area contributed by atoms with E-state index in [4.69, 9.17) is 0 Å². The fraction of sp³-hybridized carbons (Fsp3) is 0.857. The molecule has 106 valence electrons. The number of hydrogen-bond acceptors (Lipinski definition) is 4. The minimum Gasteiger partial charge on any atom is -0.453 e. The van der Waals surface area contributed by atoms with E-state index in [1.165, 1.54) is 26.4 Å². The Balaban J connectivity index is 1.91. The zero-order chi connectivity index (χ0) is 13.7. The van der Waals surface area contributed by atoms with E-state index in [2.05, 4.69) is 21.0 Å². The monoisotopic (exact) mass is 265 g/mol. The number of alkyl carbamates (subject to hydrolysis) is 1. The van der Waals surface area contributed by atoms with E-state index in [0.29, 0.717) is 6.04 Å². The summed E-state index contributed by atoms with van der Waals surface area (Å²) in [6.45, 7) is 1.81. The lowest BCUT2D eigenvalue weighted by Gasteiger charge is -2.30. The molecule has 0 bridgehead atoms. The van der Waals surface area contributed by atoms with Crippen molar-refractivity contribution in [1.82, 2.24) is 10.2 Å². The van der Waals surface area contributed by atoms with Gasteiger partial charge in [-0.2, -0.15) is 5.26 Å². The van der Waals surface area contributed by atoms with Crippen molar-refractivity contribution in [1.29, 1.82) is 5.26 Å². The summed E-state index contributed by atoms with van der Waals surface area (Å²) in [5.41, 5.74) is 0. The van der Waals surface area contributed by atoms with Gasteiger partial charge >= 0.3 is 6.09 Å². The second-order valence-corrected chi connectivity index (χ2v) is 5.56. The van der Waals surface area contributed by atoms with Crippen LogP contribution in [-0.2, 0) is 4.74 Å². The van der Waals surface area contributed by atoms with Crippen LogP contribution in [0.3, 0.4) is 0 Å². The summed E-state index contributed by atoms with van der Waals surface area (Å²) < 4.78 is 4.63. The molecule has 2 rings (SSSR count). The van der Waals surface area contributed by atoms with E-state index >= 15 is 0 Å². The van der Waals surface area contributed by atoms with Gasteiger partial charge in [0.1, 0.15) is 0 Å². The number of likely N-dealkylation sites (tertiary alicyclic amines) is 1. The van der Waals surface area contributed by atoms with Crippen LogP contribution in [0, 0.1) is 17.2 Å². The normalized spacial score (nSPS) is 32.3. The quantitative estimate of drug-likeness (QED) is 0.774. The van der Waals surface area contributed by atoms with Crippen LogP contribution in [0.4, 0.5) is 4.79 Å². The van der Waals surface area contributed by atoms with Gasteiger partial charge in [0, 0.05) is 25.2 Å². The van der Waals surface area contributed by atoms with Gasteiger partial charge in [-0.3, -0.25) is 4.90 Å². The van der Waals surface area contributed by atoms with Gasteiger partial charge in [0.15, 0.2) is 0 Å². The first-order valence-electron chi connectivity index (χ1n) is 7.22. The Bertz CT molecular complexity index is 353. The smallest absolute Gasteiger partial charge is 0.407 e. The number of rotatable bonds is 2. The third-order valence-electron chi connectivity index (χ3n) is 4.34. The topological polar surface area (TPSA) is 65.4 Å². The third kappa shape index (κ3) is 3.60. The molecule has 3 atom stereocenters. The summed E-state index contributed by atoms with van der Waals surface area (Å²) >= 11 is 0. The van der Waals surface area contributed by atoms with Crippen LogP contribution in [0.1, 0.15) is 38.5 Å². The predicted octanol–water partition coefficient (Wildman–Crippen LogP) is 1.89. The lowest BCUT2D eigenvalue weighted by molar-refractivity contribution is 0.161. The molecule has 5 nitrogen and oxygen atoms in total. The number of ether oxygens (including phenoxy) is 1. The highest BCUT2D eigenvalue weighted by Crippen LogP contribution is 2.29. The number of nitriles is 1. The minimum absolute atomic E-state index is 0.152. The van der Waals surface area contributed by atoms with Crippen LogP contribution in [0.15, 0.2) is 0 Å². The summed E-state index contributed by atoms with van der Waals surface area (Å²) in [6, 6.07) is 3.02. The van der Waals surface area contributed by atoms with Gasteiger partial charge in [-0.05, 0) is 19.3 Å². The average Bonchev–Trinajstić information content (AvgIpc) is 2.74. The maximum atomic E-state index is 11.2. The number of nitrogens with one attached hydrogen (secondary N) is 1. The molecule has 1 amide bonds. The van der Waals surface area contributed by atoms with Crippen LogP contribution < -0.4 is 5.32 Å². The van der Waals surface area contributed by atoms with Gasteiger partial charge in [-0.25, -0.2) is 4.79 Å². The van der Waals surface area contributed by atoms with Gasteiger partial charge in [0.2, 0.25) is 0 Å². The van der Waals surface area contributed by atoms with E-state index < -0.39 is 0 Å². The highest BCUT2D eigenvalue weighted by atomic mass is 16.5. The number of hydrogen-bond donors (Lipinski definition) is 1. The molecule has 1 saturated carbocycles. The van der Waals surface area contributed by atoms with Crippen LogP contribution in [0.25, 0.3) is 0 Å². The average molecular weight is 265 g/mol. The molecule has 0 aromatic carbocycles. The fourth-order valence-corrected chi connectivity index (χ4v) is 3.31. The van der Waals surface area contributed by atoms with Crippen LogP contribution >= 0.6 is 0 Å². The number of carbonyl (C=O) groups excluding carboxylic acids is 1. The van der Waals surface area contributed by atoms with Crippen LogP contribution in [0.5, 0.6) is 0 Å². The van der Waals surface area contributed by atoms with E-state index in [9.17, 15) is 10.1 Å². The molecule has 1 saturated heterocycles. The summed E-state index contributed by atoms with van der Waals surface area (Å²) in [6.07, 6.45) is 6.36. The largest absolute Gasteiger partial charge is 0.453 e. The Hall–Kier alpha value is -1.28. The van der Waals surface area contributed by atoms with Crippen molar-refractivity contribution in [3.8, 4) is 6.07 Å². The van der Waals surface area contributed by atoms with E-state index in [1.54, 1.807) is 0 Å². The molecule has 0 radical (unpaired) electrons. The lowest BCUT2D eigenvalue weighted by Crippen LogP contribution is -2.42. The van der Waals surface area contributed by atoms with Crippen molar-refractivity contribution in [3.63, 3.8) is 0 Å². The molecule has 5 heteroatoms.